The number of hydrogen-bond acceptors (Lipinski definition) is 5. The van der Waals surface area contributed by atoms with Crippen molar-refractivity contribution < 1.29 is 19.5 Å². The minimum Gasteiger partial charge on any atom is -0.465 e. The number of nitrogens with one attached hydrogen (secondary N) is 1. The third kappa shape index (κ3) is 4.59. The molecule has 0 radical (unpaired) electrons. The van der Waals surface area contributed by atoms with Crippen LogP contribution in [0, 0.1) is 5.92 Å². The topological polar surface area (TPSA) is 117 Å². The summed E-state index contributed by atoms with van der Waals surface area (Å²) in [5, 5.41) is 11.5. The maximum absolute atomic E-state index is 13.0. The Morgan fingerprint density at radius 3 is 2.37 bits per heavy atom. The first-order valence-electron chi connectivity index (χ1n) is 12.6. The lowest BCUT2D eigenvalue weighted by atomic mass is 9.88. The number of carboxylic acid groups (broad SMARTS) is 1. The molecule has 0 saturated carbocycles. The Bertz CT molecular complexity index is 1200. The molecule has 1 atom stereocenters. The van der Waals surface area contributed by atoms with E-state index in [1.165, 1.54) is 15.0 Å². The Morgan fingerprint density at radius 2 is 1.71 bits per heavy atom. The highest BCUT2D eigenvalue weighted by molar-refractivity contribution is 6.00. The van der Waals surface area contributed by atoms with Crippen LogP contribution in [0.5, 0.6) is 0 Å². The van der Waals surface area contributed by atoms with E-state index < -0.39 is 18.0 Å². The van der Waals surface area contributed by atoms with E-state index in [1.54, 1.807) is 11.6 Å². The molecule has 10 nitrogen and oxygen atoms in total. The van der Waals surface area contributed by atoms with Gasteiger partial charge in [0.05, 0.1) is 11.0 Å². The number of imide groups is 1. The fraction of sp³-hybridized carbons (Fsp3) is 0.600. The molecule has 1 aromatic heterocycles. The molecule has 188 valence electrons. The molecule has 35 heavy (non-hydrogen) atoms. The zero-order chi connectivity index (χ0) is 24.7. The number of benzene rings is 1. The van der Waals surface area contributed by atoms with Crippen LogP contribution in [0.15, 0.2) is 23.0 Å². The van der Waals surface area contributed by atoms with Gasteiger partial charge in [-0.1, -0.05) is 6.07 Å². The van der Waals surface area contributed by atoms with Gasteiger partial charge in [0.1, 0.15) is 6.04 Å². The van der Waals surface area contributed by atoms with Gasteiger partial charge in [-0.25, -0.2) is 9.59 Å². The second-order valence-electron chi connectivity index (χ2n) is 10.2. The highest BCUT2D eigenvalue weighted by atomic mass is 16.4. The Kier molecular flexibility index (Phi) is 6.39. The van der Waals surface area contributed by atoms with Gasteiger partial charge in [-0.05, 0) is 74.7 Å². The van der Waals surface area contributed by atoms with E-state index in [0.29, 0.717) is 31.3 Å². The SMILES string of the molecule is Cn1c(=O)n(C2CCC(=O)NC2=O)c2ccc(C3CCN(CC4CCN(C(=O)O)CC4)CC3)cc21. The number of aryl methyl sites for hydroxylation is 1. The summed E-state index contributed by atoms with van der Waals surface area (Å²) in [5.74, 6) is 0.262. The molecule has 0 bridgehead atoms. The first-order valence-corrected chi connectivity index (χ1v) is 12.6. The molecule has 1 unspecified atom stereocenters. The summed E-state index contributed by atoms with van der Waals surface area (Å²) in [6, 6.07) is 5.44. The normalized spacial score (nSPS) is 23.1. The van der Waals surface area contributed by atoms with E-state index in [0.717, 1.165) is 56.4 Å². The van der Waals surface area contributed by atoms with Crippen LogP contribution in [0.1, 0.15) is 56.0 Å². The maximum Gasteiger partial charge on any atom is 0.407 e. The largest absolute Gasteiger partial charge is 0.465 e. The van der Waals surface area contributed by atoms with Crippen molar-refractivity contribution in [3.8, 4) is 0 Å². The van der Waals surface area contributed by atoms with Crippen LogP contribution in [0.4, 0.5) is 4.79 Å². The molecule has 3 fully saturated rings. The molecule has 3 aliphatic rings. The van der Waals surface area contributed by atoms with Gasteiger partial charge in [0, 0.05) is 33.1 Å². The van der Waals surface area contributed by atoms with Crippen LogP contribution in [0.2, 0.25) is 0 Å². The van der Waals surface area contributed by atoms with E-state index in [-0.39, 0.29) is 18.0 Å². The molecule has 4 heterocycles. The lowest BCUT2D eigenvalue weighted by Crippen LogP contribution is -2.44. The van der Waals surface area contributed by atoms with Crippen molar-refractivity contribution in [2.45, 2.75) is 50.5 Å². The van der Waals surface area contributed by atoms with Gasteiger partial charge in [-0.2, -0.15) is 0 Å². The number of nitrogens with zero attached hydrogens (tertiary/aromatic N) is 4. The molecule has 1 aromatic carbocycles. The number of carbonyl (C=O) groups excluding carboxylic acids is 2. The van der Waals surface area contributed by atoms with Crippen molar-refractivity contribution in [2.24, 2.45) is 13.0 Å². The summed E-state index contributed by atoms with van der Waals surface area (Å²) < 4.78 is 3.13. The highest BCUT2D eigenvalue weighted by Crippen LogP contribution is 2.32. The van der Waals surface area contributed by atoms with Gasteiger partial charge >= 0.3 is 11.8 Å². The second kappa shape index (κ2) is 9.49. The zero-order valence-electron chi connectivity index (χ0n) is 20.1. The van der Waals surface area contributed by atoms with Crippen molar-refractivity contribution >= 4 is 28.9 Å². The van der Waals surface area contributed by atoms with Crippen molar-refractivity contribution in [1.82, 2.24) is 24.3 Å². The van der Waals surface area contributed by atoms with E-state index >= 15 is 0 Å². The van der Waals surface area contributed by atoms with Gasteiger partial charge < -0.3 is 14.9 Å². The average Bonchev–Trinajstić information content (AvgIpc) is 3.09. The van der Waals surface area contributed by atoms with E-state index in [1.807, 2.05) is 6.07 Å². The fourth-order valence-corrected chi connectivity index (χ4v) is 5.98. The van der Waals surface area contributed by atoms with Gasteiger partial charge in [-0.15, -0.1) is 0 Å². The Hall–Kier alpha value is -3.14. The number of carbonyl (C=O) groups is 3. The first kappa shape index (κ1) is 23.6. The quantitative estimate of drug-likeness (QED) is 0.642. The van der Waals surface area contributed by atoms with Crippen LogP contribution in [0.25, 0.3) is 11.0 Å². The minimum atomic E-state index is -0.814. The molecule has 0 aliphatic carbocycles. The van der Waals surface area contributed by atoms with E-state index in [9.17, 15) is 19.2 Å². The van der Waals surface area contributed by atoms with Crippen molar-refractivity contribution in [3.05, 3.63) is 34.2 Å². The first-order chi connectivity index (χ1) is 16.8. The van der Waals surface area contributed by atoms with Gasteiger partial charge in [0.25, 0.3) is 0 Å². The number of likely N-dealkylation sites (tertiary alicyclic amines) is 2. The fourth-order valence-electron chi connectivity index (χ4n) is 5.98. The number of aromatic nitrogens is 2. The Balaban J connectivity index is 1.25. The zero-order valence-corrected chi connectivity index (χ0v) is 20.1. The van der Waals surface area contributed by atoms with Crippen LogP contribution < -0.4 is 11.0 Å². The molecule has 0 spiro atoms. The van der Waals surface area contributed by atoms with Crippen LogP contribution in [-0.4, -0.2) is 74.7 Å². The summed E-state index contributed by atoms with van der Waals surface area (Å²) in [6.45, 7) is 4.32. The summed E-state index contributed by atoms with van der Waals surface area (Å²) in [6.07, 6.45) is 3.70. The summed E-state index contributed by atoms with van der Waals surface area (Å²) in [7, 11) is 1.73. The molecule has 2 N–H and O–H groups in total. The lowest BCUT2D eigenvalue weighted by molar-refractivity contribution is -0.135. The molecule has 3 amide bonds. The Morgan fingerprint density at radius 1 is 1.00 bits per heavy atom. The predicted molar refractivity (Wildman–Crippen MR) is 129 cm³/mol. The van der Waals surface area contributed by atoms with Crippen molar-refractivity contribution in [1.29, 1.82) is 0 Å². The van der Waals surface area contributed by atoms with E-state index in [2.05, 4.69) is 22.3 Å². The van der Waals surface area contributed by atoms with Gasteiger partial charge in [0.2, 0.25) is 11.8 Å². The molecule has 2 aromatic rings. The molecular weight excluding hydrogens is 450 g/mol. The van der Waals surface area contributed by atoms with Crippen molar-refractivity contribution in [2.75, 3.05) is 32.7 Å². The number of imidazole rings is 1. The number of amides is 3. The predicted octanol–water partition coefficient (Wildman–Crippen LogP) is 1.89. The van der Waals surface area contributed by atoms with Crippen molar-refractivity contribution in [3.63, 3.8) is 0 Å². The molecule has 3 saturated heterocycles. The molecule has 10 heteroatoms. The monoisotopic (exact) mass is 483 g/mol. The van der Waals surface area contributed by atoms with E-state index in [4.69, 9.17) is 5.11 Å². The summed E-state index contributed by atoms with van der Waals surface area (Å²) in [4.78, 5) is 52.1. The minimum absolute atomic E-state index is 0.231. The number of rotatable bonds is 4. The Labute approximate surface area is 203 Å². The smallest absolute Gasteiger partial charge is 0.407 e. The third-order valence-electron chi connectivity index (χ3n) is 8.10. The third-order valence-corrected chi connectivity index (χ3v) is 8.10. The molecule has 3 aliphatic heterocycles. The number of fused-ring (bicyclic) bond motifs is 1. The van der Waals surface area contributed by atoms with Gasteiger partial charge in [0.15, 0.2) is 0 Å². The second-order valence-corrected chi connectivity index (χ2v) is 10.2. The summed E-state index contributed by atoms with van der Waals surface area (Å²) >= 11 is 0. The molecule has 5 rings (SSSR count). The van der Waals surface area contributed by atoms with Crippen LogP contribution >= 0.6 is 0 Å². The maximum atomic E-state index is 13.0. The average molecular weight is 484 g/mol. The molecular formula is C25H33N5O5. The van der Waals surface area contributed by atoms with Gasteiger partial charge in [-0.3, -0.25) is 24.0 Å². The lowest BCUT2D eigenvalue weighted by Gasteiger charge is -2.37. The van der Waals surface area contributed by atoms with Crippen LogP contribution in [0.3, 0.4) is 0 Å². The summed E-state index contributed by atoms with van der Waals surface area (Å²) in [5.41, 5.74) is 2.50. The highest BCUT2D eigenvalue weighted by Gasteiger charge is 2.32. The number of piperidine rings is 3. The number of hydrogen-bond donors (Lipinski definition) is 2. The van der Waals surface area contributed by atoms with Crippen LogP contribution in [-0.2, 0) is 16.6 Å². The standard InChI is InChI=1S/C25H33N5O5/c1-27-21-14-18(2-3-19(21)30(24(27)33)20-4-5-22(31)26-23(20)32)17-8-10-28(11-9-17)15-16-6-12-29(13-7-16)25(34)35/h2-3,14,16-17,20H,4-13,15H2,1H3,(H,34,35)(H,26,31,32).